The molecule has 0 radical (unpaired) electrons. The van der Waals surface area contributed by atoms with Crippen LogP contribution in [-0.2, 0) is 0 Å². The number of methoxy groups -OCH3 is 1. The number of nitrogens with one attached hydrogen (secondary N) is 1. The van der Waals surface area contributed by atoms with Gasteiger partial charge in [0.2, 0.25) is 0 Å². The summed E-state index contributed by atoms with van der Waals surface area (Å²) in [7, 11) is 1.56. The number of pyridine rings is 1. The van der Waals surface area contributed by atoms with Gasteiger partial charge in [0.05, 0.1) is 23.9 Å². The van der Waals surface area contributed by atoms with Crippen molar-refractivity contribution in [2.24, 2.45) is 5.92 Å². The maximum Gasteiger partial charge on any atom is 0.257 e. The molecular formula is C21H25N3O3. The fourth-order valence-corrected chi connectivity index (χ4v) is 3.35. The van der Waals surface area contributed by atoms with Crippen molar-refractivity contribution < 1.29 is 14.3 Å². The van der Waals surface area contributed by atoms with Gasteiger partial charge in [0.1, 0.15) is 5.75 Å². The van der Waals surface area contributed by atoms with Crippen LogP contribution in [0.1, 0.15) is 46.0 Å². The molecular weight excluding hydrogens is 342 g/mol. The molecule has 0 aliphatic carbocycles. The van der Waals surface area contributed by atoms with E-state index in [2.05, 4.69) is 17.2 Å². The fourth-order valence-electron chi connectivity index (χ4n) is 3.35. The SMILES string of the molecule is COc1ccc(C)cc1NC(=O)c1cncc(C(=O)N2CCCC(C)C2)c1. The van der Waals surface area contributed by atoms with Crippen LogP contribution in [0.4, 0.5) is 5.69 Å². The maximum atomic E-state index is 12.8. The van der Waals surface area contributed by atoms with E-state index in [0.29, 0.717) is 28.5 Å². The van der Waals surface area contributed by atoms with Crippen molar-refractivity contribution in [3.05, 3.63) is 53.3 Å². The lowest BCUT2D eigenvalue weighted by Gasteiger charge is -2.31. The molecule has 0 spiro atoms. The van der Waals surface area contributed by atoms with Gasteiger partial charge in [0.15, 0.2) is 0 Å². The molecule has 1 aromatic carbocycles. The largest absolute Gasteiger partial charge is 0.495 e. The van der Waals surface area contributed by atoms with Crippen LogP contribution < -0.4 is 10.1 Å². The van der Waals surface area contributed by atoms with Gasteiger partial charge in [-0.05, 0) is 49.4 Å². The smallest absolute Gasteiger partial charge is 0.257 e. The zero-order valence-electron chi connectivity index (χ0n) is 16.0. The normalized spacial score (nSPS) is 16.7. The summed E-state index contributed by atoms with van der Waals surface area (Å²) in [6.07, 6.45) is 5.13. The van der Waals surface area contributed by atoms with Crippen LogP contribution in [0.5, 0.6) is 5.75 Å². The van der Waals surface area contributed by atoms with Crippen LogP contribution in [-0.4, -0.2) is 41.9 Å². The van der Waals surface area contributed by atoms with E-state index in [1.54, 1.807) is 19.2 Å². The molecule has 142 valence electrons. The third kappa shape index (κ3) is 4.45. The molecule has 0 bridgehead atoms. The Labute approximate surface area is 159 Å². The van der Waals surface area contributed by atoms with Gasteiger partial charge in [-0.3, -0.25) is 14.6 Å². The number of likely N-dealkylation sites (tertiary alicyclic amines) is 1. The second kappa shape index (κ2) is 8.20. The van der Waals surface area contributed by atoms with Crippen molar-refractivity contribution in [3.63, 3.8) is 0 Å². The number of amides is 2. The van der Waals surface area contributed by atoms with Gasteiger partial charge >= 0.3 is 0 Å². The highest BCUT2D eigenvalue weighted by Gasteiger charge is 2.23. The predicted molar refractivity (Wildman–Crippen MR) is 104 cm³/mol. The van der Waals surface area contributed by atoms with Crippen molar-refractivity contribution in [1.82, 2.24) is 9.88 Å². The lowest BCUT2D eigenvalue weighted by Crippen LogP contribution is -2.39. The number of aryl methyl sites for hydroxylation is 1. The number of nitrogens with zero attached hydrogens (tertiary/aromatic N) is 2. The van der Waals surface area contributed by atoms with Crippen molar-refractivity contribution in [2.75, 3.05) is 25.5 Å². The van der Waals surface area contributed by atoms with E-state index in [-0.39, 0.29) is 11.8 Å². The zero-order valence-corrected chi connectivity index (χ0v) is 16.0. The van der Waals surface area contributed by atoms with Crippen molar-refractivity contribution in [2.45, 2.75) is 26.7 Å². The number of piperidine rings is 1. The number of ether oxygens (including phenoxy) is 1. The predicted octanol–water partition coefficient (Wildman–Crippen LogP) is 3.52. The molecule has 2 aromatic rings. The number of hydrogen-bond donors (Lipinski definition) is 1. The first-order chi connectivity index (χ1) is 13.0. The molecule has 1 unspecified atom stereocenters. The molecule has 2 amide bonds. The first-order valence-electron chi connectivity index (χ1n) is 9.18. The van der Waals surface area contributed by atoms with Crippen molar-refractivity contribution >= 4 is 17.5 Å². The lowest BCUT2D eigenvalue weighted by molar-refractivity contribution is 0.0682. The van der Waals surface area contributed by atoms with E-state index in [1.807, 2.05) is 24.0 Å². The molecule has 3 rings (SSSR count). The summed E-state index contributed by atoms with van der Waals surface area (Å²) in [6, 6.07) is 7.16. The van der Waals surface area contributed by atoms with E-state index in [9.17, 15) is 9.59 Å². The molecule has 1 fully saturated rings. The van der Waals surface area contributed by atoms with Crippen LogP contribution in [0.15, 0.2) is 36.7 Å². The maximum absolute atomic E-state index is 12.8. The number of aromatic nitrogens is 1. The molecule has 1 aliphatic rings. The van der Waals surface area contributed by atoms with Crippen LogP contribution in [0.25, 0.3) is 0 Å². The molecule has 6 heteroatoms. The molecule has 1 saturated heterocycles. The third-order valence-electron chi connectivity index (χ3n) is 4.79. The van der Waals surface area contributed by atoms with Crippen molar-refractivity contribution in [1.29, 1.82) is 0 Å². The summed E-state index contributed by atoms with van der Waals surface area (Å²) in [6.45, 7) is 5.59. The first kappa shape index (κ1) is 18.9. The monoisotopic (exact) mass is 367 g/mol. The highest BCUT2D eigenvalue weighted by molar-refractivity contribution is 6.06. The summed E-state index contributed by atoms with van der Waals surface area (Å²) in [4.78, 5) is 31.4. The highest BCUT2D eigenvalue weighted by Crippen LogP contribution is 2.26. The molecule has 1 aromatic heterocycles. The zero-order chi connectivity index (χ0) is 19.4. The Kier molecular flexibility index (Phi) is 5.74. The van der Waals surface area contributed by atoms with Gasteiger partial charge in [-0.1, -0.05) is 13.0 Å². The minimum absolute atomic E-state index is 0.0724. The minimum Gasteiger partial charge on any atom is -0.495 e. The summed E-state index contributed by atoms with van der Waals surface area (Å²) < 4.78 is 5.30. The third-order valence-corrected chi connectivity index (χ3v) is 4.79. The summed E-state index contributed by atoms with van der Waals surface area (Å²) in [5.74, 6) is 0.678. The number of hydrogen-bond acceptors (Lipinski definition) is 4. The van der Waals surface area contributed by atoms with Crippen molar-refractivity contribution in [3.8, 4) is 5.75 Å². The van der Waals surface area contributed by atoms with Gasteiger partial charge in [-0.2, -0.15) is 0 Å². The van der Waals surface area contributed by atoms with Crippen LogP contribution in [0.3, 0.4) is 0 Å². The van der Waals surface area contributed by atoms with Gasteiger partial charge in [0.25, 0.3) is 11.8 Å². The van der Waals surface area contributed by atoms with E-state index in [0.717, 1.165) is 31.5 Å². The summed E-state index contributed by atoms with van der Waals surface area (Å²) >= 11 is 0. The van der Waals surface area contributed by atoms with E-state index in [4.69, 9.17) is 4.74 Å². The molecule has 1 atom stereocenters. The second-order valence-corrected chi connectivity index (χ2v) is 7.12. The Morgan fingerprint density at radius 3 is 2.74 bits per heavy atom. The number of benzene rings is 1. The van der Waals surface area contributed by atoms with Crippen LogP contribution in [0.2, 0.25) is 0 Å². The second-order valence-electron chi connectivity index (χ2n) is 7.12. The average molecular weight is 367 g/mol. The van der Waals surface area contributed by atoms with Gasteiger partial charge in [-0.15, -0.1) is 0 Å². The van der Waals surface area contributed by atoms with Gasteiger partial charge in [0, 0.05) is 25.5 Å². The van der Waals surface area contributed by atoms with E-state index >= 15 is 0 Å². The average Bonchev–Trinajstić information content (AvgIpc) is 2.67. The Hall–Kier alpha value is -2.89. The minimum atomic E-state index is -0.326. The Morgan fingerprint density at radius 2 is 2.00 bits per heavy atom. The lowest BCUT2D eigenvalue weighted by atomic mass is 9.99. The number of rotatable bonds is 4. The molecule has 1 N–H and O–H groups in total. The number of carbonyl (C=O) groups excluding carboxylic acids is 2. The molecule has 6 nitrogen and oxygen atoms in total. The van der Waals surface area contributed by atoms with E-state index < -0.39 is 0 Å². The molecule has 0 saturated carbocycles. The molecule has 1 aliphatic heterocycles. The molecule has 2 heterocycles. The quantitative estimate of drug-likeness (QED) is 0.897. The summed E-state index contributed by atoms with van der Waals surface area (Å²) in [5.41, 5.74) is 2.37. The van der Waals surface area contributed by atoms with Gasteiger partial charge < -0.3 is 15.0 Å². The van der Waals surface area contributed by atoms with E-state index in [1.165, 1.54) is 12.4 Å². The standard InChI is InChI=1S/C21H25N3O3/c1-14-6-7-19(27-3)18(9-14)23-20(25)16-10-17(12-22-11-16)21(26)24-8-4-5-15(2)13-24/h6-7,9-12,15H,4-5,8,13H2,1-3H3,(H,23,25). The van der Waals surface area contributed by atoms with Gasteiger partial charge in [-0.25, -0.2) is 0 Å². The topological polar surface area (TPSA) is 71.5 Å². The number of carbonyl (C=O) groups is 2. The Morgan fingerprint density at radius 1 is 1.22 bits per heavy atom. The molecule has 27 heavy (non-hydrogen) atoms. The fraction of sp³-hybridized carbons (Fsp3) is 0.381. The highest BCUT2D eigenvalue weighted by atomic mass is 16.5. The van der Waals surface area contributed by atoms with Crippen LogP contribution in [0, 0.1) is 12.8 Å². The summed E-state index contributed by atoms with van der Waals surface area (Å²) in [5, 5.41) is 2.84. The first-order valence-corrected chi connectivity index (χ1v) is 9.18. The Balaban J connectivity index is 1.78. The number of anilines is 1. The van der Waals surface area contributed by atoms with Crippen LogP contribution >= 0.6 is 0 Å². The Bertz CT molecular complexity index is 850.